The molecule has 2 nitrogen and oxygen atoms in total. The maximum absolute atomic E-state index is 3.79. The fourth-order valence-electron chi connectivity index (χ4n) is 3.77. The number of anilines is 2. The second kappa shape index (κ2) is 15.4. The van der Waals surface area contributed by atoms with Crippen LogP contribution in [0, 0.1) is 6.92 Å². The molecule has 0 bridgehead atoms. The van der Waals surface area contributed by atoms with Crippen molar-refractivity contribution in [3.63, 3.8) is 0 Å². The van der Waals surface area contributed by atoms with Gasteiger partial charge in [-0.25, -0.2) is 0 Å². The SMILES string of the molecule is CC.CC.CCCC(CCC)NCCCN1c2ccccc2Sc2ccc(C)cc21. The van der Waals surface area contributed by atoms with Crippen LogP contribution in [-0.2, 0) is 0 Å². The third kappa shape index (κ3) is 7.67. The highest BCUT2D eigenvalue weighted by Crippen LogP contribution is 2.48. The Bertz CT molecular complexity index is 708. The monoisotopic (exact) mass is 428 g/mol. The number of fused-ring (bicyclic) bond motifs is 2. The number of aryl methyl sites for hydroxylation is 1. The van der Waals surface area contributed by atoms with E-state index in [1.54, 1.807) is 0 Å². The molecule has 0 aliphatic carbocycles. The van der Waals surface area contributed by atoms with Gasteiger partial charge in [-0.05, 0) is 62.6 Å². The highest BCUT2D eigenvalue weighted by Gasteiger charge is 2.22. The lowest BCUT2D eigenvalue weighted by atomic mass is 10.1. The standard InChI is InChI=1S/C23H32N2S.2C2H6/c1-4-9-19(10-5-2)24-15-8-16-25-20-11-6-7-12-22(20)26-23-14-13-18(3)17-21(23)25;2*1-2/h6-7,11-14,17,19,24H,4-5,8-10,15-16H2,1-3H3;2*1-2H3. The van der Waals surface area contributed by atoms with Crippen LogP contribution in [-0.4, -0.2) is 19.1 Å². The van der Waals surface area contributed by atoms with Crippen LogP contribution in [0.1, 0.15) is 79.2 Å². The third-order valence-electron chi connectivity index (χ3n) is 5.05. The molecule has 3 heteroatoms. The maximum atomic E-state index is 3.79. The van der Waals surface area contributed by atoms with E-state index in [0.29, 0.717) is 6.04 Å². The molecule has 1 heterocycles. The minimum absolute atomic E-state index is 0.684. The second-order valence-corrected chi connectivity index (χ2v) is 8.36. The van der Waals surface area contributed by atoms with Crippen molar-refractivity contribution >= 4 is 23.1 Å². The van der Waals surface area contributed by atoms with E-state index in [9.17, 15) is 0 Å². The Morgan fingerprint density at radius 3 is 2.17 bits per heavy atom. The van der Waals surface area contributed by atoms with Gasteiger partial charge in [0.25, 0.3) is 0 Å². The summed E-state index contributed by atoms with van der Waals surface area (Å²) in [6.07, 6.45) is 6.27. The Balaban J connectivity index is 0.00000106. The Kier molecular flexibility index (Phi) is 13.6. The molecular formula is C27H44N2S. The fraction of sp³-hybridized carbons (Fsp3) is 0.556. The third-order valence-corrected chi connectivity index (χ3v) is 6.18. The Hall–Kier alpha value is -1.45. The van der Waals surface area contributed by atoms with Crippen molar-refractivity contribution in [3.8, 4) is 0 Å². The van der Waals surface area contributed by atoms with E-state index in [0.717, 1.165) is 19.5 Å². The van der Waals surface area contributed by atoms with Gasteiger partial charge in [-0.3, -0.25) is 0 Å². The van der Waals surface area contributed by atoms with Crippen LogP contribution >= 0.6 is 11.8 Å². The summed E-state index contributed by atoms with van der Waals surface area (Å²) >= 11 is 1.89. The first-order chi connectivity index (χ1) is 14.7. The predicted molar refractivity (Wildman–Crippen MR) is 138 cm³/mol. The van der Waals surface area contributed by atoms with Gasteiger partial charge in [-0.15, -0.1) is 0 Å². The van der Waals surface area contributed by atoms with Crippen LogP contribution in [0.15, 0.2) is 52.3 Å². The van der Waals surface area contributed by atoms with Gasteiger partial charge >= 0.3 is 0 Å². The number of para-hydroxylation sites is 1. The molecule has 0 atom stereocenters. The predicted octanol–water partition coefficient (Wildman–Crippen LogP) is 8.60. The summed E-state index contributed by atoms with van der Waals surface area (Å²) in [6, 6.07) is 16.3. The largest absolute Gasteiger partial charge is 0.340 e. The van der Waals surface area contributed by atoms with E-state index in [1.165, 1.54) is 52.4 Å². The van der Waals surface area contributed by atoms with Gasteiger partial charge in [0.15, 0.2) is 0 Å². The van der Waals surface area contributed by atoms with Crippen LogP contribution in [0.4, 0.5) is 11.4 Å². The first-order valence-electron chi connectivity index (χ1n) is 12.1. The molecule has 0 radical (unpaired) electrons. The summed E-state index contributed by atoms with van der Waals surface area (Å²) in [5.74, 6) is 0. The van der Waals surface area contributed by atoms with Crippen LogP contribution in [0.2, 0.25) is 0 Å². The van der Waals surface area contributed by atoms with E-state index in [4.69, 9.17) is 0 Å². The quantitative estimate of drug-likeness (QED) is 0.402. The molecule has 2 aromatic carbocycles. The molecule has 0 amide bonds. The van der Waals surface area contributed by atoms with E-state index in [-0.39, 0.29) is 0 Å². The number of nitrogens with zero attached hydrogens (tertiary/aromatic N) is 1. The van der Waals surface area contributed by atoms with Crippen molar-refractivity contribution in [2.24, 2.45) is 0 Å². The summed E-state index contributed by atoms with van der Waals surface area (Å²) in [7, 11) is 0. The van der Waals surface area contributed by atoms with E-state index in [2.05, 4.69) is 73.5 Å². The van der Waals surface area contributed by atoms with Gasteiger partial charge < -0.3 is 10.2 Å². The number of hydrogen-bond acceptors (Lipinski definition) is 3. The Morgan fingerprint density at radius 1 is 0.867 bits per heavy atom. The van der Waals surface area contributed by atoms with Gasteiger partial charge in [0, 0.05) is 22.4 Å². The Labute approximate surface area is 190 Å². The second-order valence-electron chi connectivity index (χ2n) is 7.27. The van der Waals surface area contributed by atoms with Gasteiger partial charge in [-0.2, -0.15) is 0 Å². The summed E-state index contributed by atoms with van der Waals surface area (Å²) < 4.78 is 0. The lowest BCUT2D eigenvalue weighted by Gasteiger charge is -2.33. The summed E-state index contributed by atoms with van der Waals surface area (Å²) in [5, 5.41) is 3.79. The molecule has 0 saturated carbocycles. The van der Waals surface area contributed by atoms with Crippen molar-refractivity contribution in [3.05, 3.63) is 48.0 Å². The van der Waals surface area contributed by atoms with Crippen molar-refractivity contribution in [2.75, 3.05) is 18.0 Å². The molecule has 3 rings (SSSR count). The lowest BCUT2D eigenvalue weighted by molar-refractivity contribution is 0.441. The summed E-state index contributed by atoms with van der Waals surface area (Å²) in [6.45, 7) is 16.9. The van der Waals surface area contributed by atoms with Crippen molar-refractivity contribution in [2.45, 2.75) is 96.4 Å². The van der Waals surface area contributed by atoms with Crippen LogP contribution in [0.25, 0.3) is 0 Å². The fourth-order valence-corrected chi connectivity index (χ4v) is 4.85. The van der Waals surface area contributed by atoms with Crippen molar-refractivity contribution < 1.29 is 0 Å². The van der Waals surface area contributed by atoms with Crippen molar-refractivity contribution in [1.82, 2.24) is 5.32 Å². The van der Waals surface area contributed by atoms with Gasteiger partial charge in [0.1, 0.15) is 0 Å². The molecule has 2 aromatic rings. The highest BCUT2D eigenvalue weighted by molar-refractivity contribution is 7.99. The smallest absolute Gasteiger partial charge is 0.0555 e. The molecule has 0 fully saturated rings. The van der Waals surface area contributed by atoms with Gasteiger partial charge in [0.2, 0.25) is 0 Å². The minimum atomic E-state index is 0.684. The molecule has 1 aliphatic heterocycles. The number of nitrogens with one attached hydrogen (secondary N) is 1. The zero-order valence-corrected chi connectivity index (χ0v) is 21.2. The average Bonchev–Trinajstić information content (AvgIpc) is 2.79. The Morgan fingerprint density at radius 2 is 1.50 bits per heavy atom. The zero-order valence-electron chi connectivity index (χ0n) is 20.4. The first kappa shape index (κ1) is 26.6. The average molecular weight is 429 g/mol. The van der Waals surface area contributed by atoms with E-state index < -0.39 is 0 Å². The van der Waals surface area contributed by atoms with E-state index in [1.807, 2.05) is 39.5 Å². The minimum Gasteiger partial charge on any atom is -0.340 e. The zero-order chi connectivity index (χ0) is 22.4. The van der Waals surface area contributed by atoms with Gasteiger partial charge in [-0.1, -0.05) is 84.3 Å². The van der Waals surface area contributed by atoms with E-state index >= 15 is 0 Å². The maximum Gasteiger partial charge on any atom is 0.0555 e. The summed E-state index contributed by atoms with van der Waals surface area (Å²) in [4.78, 5) is 5.26. The number of hydrogen-bond donors (Lipinski definition) is 1. The lowest BCUT2D eigenvalue weighted by Crippen LogP contribution is -2.32. The van der Waals surface area contributed by atoms with Crippen LogP contribution < -0.4 is 10.2 Å². The normalized spacial score (nSPS) is 11.7. The molecule has 0 unspecified atom stereocenters. The first-order valence-corrected chi connectivity index (χ1v) is 12.9. The van der Waals surface area contributed by atoms with Gasteiger partial charge in [0.05, 0.1) is 11.4 Å². The van der Waals surface area contributed by atoms with Crippen LogP contribution in [0.5, 0.6) is 0 Å². The molecular weight excluding hydrogens is 384 g/mol. The van der Waals surface area contributed by atoms with Crippen molar-refractivity contribution in [1.29, 1.82) is 0 Å². The number of rotatable bonds is 9. The molecule has 1 N–H and O–H groups in total. The highest BCUT2D eigenvalue weighted by atomic mass is 32.2. The topological polar surface area (TPSA) is 15.3 Å². The summed E-state index contributed by atoms with van der Waals surface area (Å²) in [5.41, 5.74) is 4.06. The molecule has 1 aliphatic rings. The molecule has 0 spiro atoms. The molecule has 168 valence electrons. The number of benzene rings is 2. The molecule has 0 saturated heterocycles. The molecule has 30 heavy (non-hydrogen) atoms. The van der Waals surface area contributed by atoms with Crippen LogP contribution in [0.3, 0.4) is 0 Å². The molecule has 0 aromatic heterocycles.